The van der Waals surface area contributed by atoms with Crippen LogP contribution in [0.1, 0.15) is 22.4 Å². The number of nitrogens with zero attached hydrogens (tertiary/aromatic N) is 1. The van der Waals surface area contributed by atoms with Crippen LogP contribution in [0.3, 0.4) is 0 Å². The summed E-state index contributed by atoms with van der Waals surface area (Å²) in [5.41, 5.74) is 4.47. The Morgan fingerprint density at radius 2 is 1.76 bits per heavy atom. The third-order valence-electron chi connectivity index (χ3n) is 4.06. The molecule has 0 aliphatic carbocycles. The number of halogens is 1. The summed E-state index contributed by atoms with van der Waals surface area (Å²) in [6.07, 6.45) is 0.102. The number of carbonyl (C=O) groups excluding carboxylic acids is 1. The fourth-order valence-corrected chi connectivity index (χ4v) is 3.32. The average molecular weight is 355 g/mol. The Morgan fingerprint density at radius 1 is 1.08 bits per heavy atom. The van der Waals surface area contributed by atoms with Crippen molar-refractivity contribution in [3.05, 3.63) is 70.0 Å². The maximum atomic E-state index is 13.0. The number of benzene rings is 2. The molecular weight excluding hydrogens is 337 g/mol. The molecule has 0 aliphatic heterocycles. The van der Waals surface area contributed by atoms with E-state index in [2.05, 4.69) is 4.98 Å². The van der Waals surface area contributed by atoms with Crippen LogP contribution in [0.5, 0.6) is 5.75 Å². The highest BCUT2D eigenvalue weighted by molar-refractivity contribution is 7.13. The Labute approximate surface area is 150 Å². The van der Waals surface area contributed by atoms with Gasteiger partial charge in [0.25, 0.3) is 0 Å². The van der Waals surface area contributed by atoms with Crippen LogP contribution >= 0.6 is 11.3 Å². The van der Waals surface area contributed by atoms with Gasteiger partial charge >= 0.3 is 5.97 Å². The SMILES string of the molecule is Cc1ccc(C)c(OC(=O)Cc2csc(-c3ccc(F)cc3)n2)c1C. The molecule has 0 bridgehead atoms. The van der Waals surface area contributed by atoms with Crippen LogP contribution in [0.4, 0.5) is 4.39 Å². The largest absolute Gasteiger partial charge is 0.426 e. The Bertz CT molecular complexity index is 916. The molecule has 5 heteroatoms. The molecule has 0 radical (unpaired) electrons. The normalized spacial score (nSPS) is 10.7. The van der Waals surface area contributed by atoms with Crippen LogP contribution in [0, 0.1) is 26.6 Å². The van der Waals surface area contributed by atoms with E-state index in [-0.39, 0.29) is 18.2 Å². The summed E-state index contributed by atoms with van der Waals surface area (Å²) in [4.78, 5) is 16.7. The zero-order chi connectivity index (χ0) is 18.0. The number of ether oxygens (including phenoxy) is 1. The lowest BCUT2D eigenvalue weighted by atomic mass is 10.1. The van der Waals surface area contributed by atoms with Crippen molar-refractivity contribution in [1.29, 1.82) is 0 Å². The monoisotopic (exact) mass is 355 g/mol. The van der Waals surface area contributed by atoms with Gasteiger partial charge in [-0.2, -0.15) is 0 Å². The maximum absolute atomic E-state index is 13.0. The van der Waals surface area contributed by atoms with Crippen LogP contribution in [-0.2, 0) is 11.2 Å². The molecule has 0 unspecified atom stereocenters. The third-order valence-corrected chi connectivity index (χ3v) is 5.00. The summed E-state index contributed by atoms with van der Waals surface area (Å²) in [6, 6.07) is 10.1. The van der Waals surface area contributed by atoms with Gasteiger partial charge in [0.2, 0.25) is 0 Å². The quantitative estimate of drug-likeness (QED) is 0.487. The van der Waals surface area contributed by atoms with Crippen molar-refractivity contribution in [3.63, 3.8) is 0 Å². The molecule has 0 aliphatic rings. The Kier molecular flexibility index (Phi) is 4.95. The molecule has 1 aromatic heterocycles. The highest BCUT2D eigenvalue weighted by Gasteiger charge is 2.14. The Hall–Kier alpha value is -2.53. The standard InChI is InChI=1S/C20H18FNO2S/c1-12-4-5-13(2)19(14(12)3)24-18(23)10-17-11-25-20(22-17)15-6-8-16(21)9-7-15/h4-9,11H,10H2,1-3H3. The summed E-state index contributed by atoms with van der Waals surface area (Å²) < 4.78 is 18.6. The number of carbonyl (C=O) groups is 1. The minimum Gasteiger partial charge on any atom is -0.426 e. The van der Waals surface area contributed by atoms with Crippen molar-refractivity contribution in [2.45, 2.75) is 27.2 Å². The van der Waals surface area contributed by atoms with Gasteiger partial charge in [0, 0.05) is 10.9 Å². The first-order chi connectivity index (χ1) is 11.9. The van der Waals surface area contributed by atoms with E-state index >= 15 is 0 Å². The van der Waals surface area contributed by atoms with E-state index in [4.69, 9.17) is 4.74 Å². The second-order valence-corrected chi connectivity index (χ2v) is 6.81. The fraction of sp³-hybridized carbons (Fsp3) is 0.200. The highest BCUT2D eigenvalue weighted by atomic mass is 32.1. The van der Waals surface area contributed by atoms with Crippen LogP contribution in [-0.4, -0.2) is 11.0 Å². The molecule has 3 nitrogen and oxygen atoms in total. The van der Waals surface area contributed by atoms with Gasteiger partial charge in [0.05, 0.1) is 12.1 Å². The number of hydrogen-bond donors (Lipinski definition) is 0. The first-order valence-electron chi connectivity index (χ1n) is 7.92. The van der Waals surface area contributed by atoms with E-state index in [1.54, 1.807) is 12.1 Å². The van der Waals surface area contributed by atoms with E-state index in [1.807, 2.05) is 38.3 Å². The van der Waals surface area contributed by atoms with Crippen LogP contribution < -0.4 is 4.74 Å². The van der Waals surface area contributed by atoms with Gasteiger partial charge in [0.15, 0.2) is 0 Å². The minimum atomic E-state index is -0.340. The molecule has 0 amide bonds. The van der Waals surface area contributed by atoms with Crippen LogP contribution in [0.25, 0.3) is 10.6 Å². The van der Waals surface area contributed by atoms with E-state index < -0.39 is 0 Å². The van der Waals surface area contributed by atoms with Gasteiger partial charge in [-0.3, -0.25) is 4.79 Å². The predicted octanol–water partition coefficient (Wildman–Crippen LogP) is 5.02. The van der Waals surface area contributed by atoms with Crippen molar-refractivity contribution in [2.75, 3.05) is 0 Å². The van der Waals surface area contributed by atoms with E-state index in [0.717, 1.165) is 27.3 Å². The molecule has 1 heterocycles. The topological polar surface area (TPSA) is 39.2 Å². The van der Waals surface area contributed by atoms with Gasteiger partial charge in [0.1, 0.15) is 16.6 Å². The fourth-order valence-electron chi connectivity index (χ4n) is 2.49. The van der Waals surface area contributed by atoms with Crippen molar-refractivity contribution in [1.82, 2.24) is 4.98 Å². The molecule has 0 spiro atoms. The number of thiazole rings is 1. The molecular formula is C20H18FNO2S. The van der Waals surface area contributed by atoms with Crippen molar-refractivity contribution in [3.8, 4) is 16.3 Å². The van der Waals surface area contributed by atoms with Gasteiger partial charge in [-0.25, -0.2) is 9.37 Å². The van der Waals surface area contributed by atoms with Crippen LogP contribution in [0.2, 0.25) is 0 Å². The lowest BCUT2D eigenvalue weighted by Gasteiger charge is -2.12. The number of hydrogen-bond acceptors (Lipinski definition) is 4. The van der Waals surface area contributed by atoms with Gasteiger partial charge in [-0.1, -0.05) is 12.1 Å². The lowest BCUT2D eigenvalue weighted by Crippen LogP contribution is -2.13. The van der Waals surface area contributed by atoms with E-state index in [0.29, 0.717) is 11.4 Å². The molecule has 0 saturated carbocycles. The van der Waals surface area contributed by atoms with Gasteiger partial charge in [-0.05, 0) is 61.7 Å². The zero-order valence-corrected chi connectivity index (χ0v) is 15.1. The minimum absolute atomic E-state index is 0.102. The summed E-state index contributed by atoms with van der Waals surface area (Å²) in [7, 11) is 0. The Morgan fingerprint density at radius 3 is 2.48 bits per heavy atom. The number of rotatable bonds is 4. The second kappa shape index (κ2) is 7.15. The predicted molar refractivity (Wildman–Crippen MR) is 97.5 cm³/mol. The second-order valence-electron chi connectivity index (χ2n) is 5.96. The summed E-state index contributed by atoms with van der Waals surface area (Å²) in [5.74, 6) is -0.000236. The van der Waals surface area contributed by atoms with Crippen molar-refractivity contribution < 1.29 is 13.9 Å². The average Bonchev–Trinajstić information content (AvgIpc) is 3.04. The number of esters is 1. The molecule has 0 N–H and O–H groups in total. The van der Waals surface area contributed by atoms with Crippen LogP contribution in [0.15, 0.2) is 41.8 Å². The molecule has 2 aromatic carbocycles. The zero-order valence-electron chi connectivity index (χ0n) is 14.3. The van der Waals surface area contributed by atoms with E-state index in [1.165, 1.54) is 23.5 Å². The summed E-state index contributed by atoms with van der Waals surface area (Å²) in [5, 5.41) is 2.58. The lowest BCUT2D eigenvalue weighted by molar-refractivity contribution is -0.133. The molecule has 3 rings (SSSR count). The van der Waals surface area contributed by atoms with Gasteiger partial charge < -0.3 is 4.74 Å². The molecule has 0 atom stereocenters. The molecule has 128 valence electrons. The Balaban J connectivity index is 1.72. The smallest absolute Gasteiger partial charge is 0.317 e. The maximum Gasteiger partial charge on any atom is 0.317 e. The molecule has 3 aromatic rings. The highest BCUT2D eigenvalue weighted by Crippen LogP contribution is 2.27. The van der Waals surface area contributed by atoms with Crippen molar-refractivity contribution in [2.24, 2.45) is 0 Å². The molecule has 0 fully saturated rings. The molecule has 0 saturated heterocycles. The first kappa shape index (κ1) is 17.3. The number of aromatic nitrogens is 1. The number of aryl methyl sites for hydroxylation is 2. The summed E-state index contributed by atoms with van der Waals surface area (Å²) in [6.45, 7) is 5.85. The first-order valence-corrected chi connectivity index (χ1v) is 8.80. The van der Waals surface area contributed by atoms with Gasteiger partial charge in [-0.15, -0.1) is 11.3 Å². The molecule has 25 heavy (non-hydrogen) atoms. The van der Waals surface area contributed by atoms with Crippen molar-refractivity contribution >= 4 is 17.3 Å². The third kappa shape index (κ3) is 3.94. The van der Waals surface area contributed by atoms with E-state index in [9.17, 15) is 9.18 Å². The summed E-state index contributed by atoms with van der Waals surface area (Å²) >= 11 is 1.42.